The molecule has 4 aromatic rings. The minimum Gasteiger partial charge on any atom is -0.348 e. The Labute approximate surface area is 192 Å². The summed E-state index contributed by atoms with van der Waals surface area (Å²) in [5.74, 6) is -0.125. The molecule has 1 aliphatic heterocycles. The van der Waals surface area contributed by atoms with Crippen molar-refractivity contribution in [2.45, 2.75) is 19.9 Å². The number of nitrogens with zero attached hydrogens (tertiary/aromatic N) is 3. The molecule has 2 heterocycles. The molecule has 0 saturated carbocycles. The van der Waals surface area contributed by atoms with E-state index in [-0.39, 0.29) is 11.8 Å². The monoisotopic (exact) mass is 436 g/mol. The Bertz CT molecular complexity index is 1310. The Hall–Kier alpha value is -4.19. The maximum atomic E-state index is 12.9. The third-order valence-electron chi connectivity index (χ3n) is 5.91. The van der Waals surface area contributed by atoms with Gasteiger partial charge in [-0.05, 0) is 42.3 Å². The van der Waals surface area contributed by atoms with Crippen LogP contribution in [0.1, 0.15) is 28.4 Å². The Kier molecular flexibility index (Phi) is 5.48. The number of rotatable bonds is 5. The maximum Gasteiger partial charge on any atom is 0.251 e. The minimum absolute atomic E-state index is 0.0230. The SMILES string of the molecule is CC(=O)N1CCc2cc(C(=O)NCc3cn(-c4ccccc4)nc3-c3ccccc3)ccc21. The normalized spacial score (nSPS) is 12.5. The lowest BCUT2D eigenvalue weighted by molar-refractivity contribution is -0.116. The molecular formula is C27H24N4O2. The number of benzene rings is 3. The van der Waals surface area contributed by atoms with Gasteiger partial charge in [0.1, 0.15) is 0 Å². The van der Waals surface area contributed by atoms with Crippen molar-refractivity contribution in [2.24, 2.45) is 0 Å². The molecule has 6 heteroatoms. The van der Waals surface area contributed by atoms with Crippen molar-refractivity contribution >= 4 is 17.5 Å². The Morgan fingerprint density at radius 2 is 1.70 bits per heavy atom. The predicted molar refractivity (Wildman–Crippen MR) is 128 cm³/mol. The second-order valence-electron chi connectivity index (χ2n) is 8.10. The van der Waals surface area contributed by atoms with Gasteiger partial charge in [0.15, 0.2) is 0 Å². The fraction of sp³-hybridized carbons (Fsp3) is 0.148. The lowest BCUT2D eigenvalue weighted by atomic mass is 10.1. The van der Waals surface area contributed by atoms with Crippen molar-refractivity contribution in [3.05, 3.63) is 102 Å². The Morgan fingerprint density at radius 3 is 2.42 bits per heavy atom. The van der Waals surface area contributed by atoms with Crippen molar-refractivity contribution < 1.29 is 9.59 Å². The van der Waals surface area contributed by atoms with E-state index in [1.807, 2.05) is 83.7 Å². The van der Waals surface area contributed by atoms with Crippen LogP contribution in [0.3, 0.4) is 0 Å². The quantitative estimate of drug-likeness (QED) is 0.505. The lowest BCUT2D eigenvalue weighted by Crippen LogP contribution is -2.26. The summed E-state index contributed by atoms with van der Waals surface area (Å²) in [5.41, 5.74) is 6.25. The predicted octanol–water partition coefficient (Wildman–Crippen LogP) is 4.38. The van der Waals surface area contributed by atoms with Crippen LogP contribution in [0, 0.1) is 0 Å². The van der Waals surface area contributed by atoms with Crippen LogP contribution in [-0.2, 0) is 17.8 Å². The molecule has 3 aromatic carbocycles. The first kappa shape index (κ1) is 20.7. The molecule has 0 atom stereocenters. The van der Waals surface area contributed by atoms with Crippen molar-refractivity contribution in [3.8, 4) is 16.9 Å². The summed E-state index contributed by atoms with van der Waals surface area (Å²) in [7, 11) is 0. The molecule has 1 aromatic heterocycles. The largest absolute Gasteiger partial charge is 0.348 e. The number of hydrogen-bond donors (Lipinski definition) is 1. The van der Waals surface area contributed by atoms with Gasteiger partial charge in [-0.2, -0.15) is 5.10 Å². The summed E-state index contributed by atoms with van der Waals surface area (Å²) in [5, 5.41) is 7.84. The van der Waals surface area contributed by atoms with Gasteiger partial charge in [0.05, 0.1) is 11.4 Å². The van der Waals surface area contributed by atoms with E-state index >= 15 is 0 Å². The first-order valence-electron chi connectivity index (χ1n) is 11.0. The topological polar surface area (TPSA) is 67.2 Å². The number of hydrogen-bond acceptors (Lipinski definition) is 3. The summed E-state index contributed by atoms with van der Waals surface area (Å²) in [6.07, 6.45) is 2.73. The number of aromatic nitrogens is 2. The summed E-state index contributed by atoms with van der Waals surface area (Å²) in [6, 6.07) is 25.4. The third-order valence-corrected chi connectivity index (χ3v) is 5.91. The first-order chi connectivity index (χ1) is 16.1. The highest BCUT2D eigenvalue weighted by atomic mass is 16.2. The standard InChI is InChI=1S/C27H24N4O2/c1-19(32)30-15-14-21-16-22(12-13-25(21)30)27(33)28-17-23-18-31(24-10-6-3-7-11-24)29-26(23)20-8-4-2-5-9-20/h2-13,16,18H,14-15,17H2,1H3,(H,28,33). The molecule has 0 saturated heterocycles. The maximum absolute atomic E-state index is 12.9. The zero-order valence-corrected chi connectivity index (χ0v) is 18.4. The summed E-state index contributed by atoms with van der Waals surface area (Å²) < 4.78 is 1.84. The molecule has 0 spiro atoms. The minimum atomic E-state index is -0.148. The highest BCUT2D eigenvalue weighted by Gasteiger charge is 2.23. The molecule has 0 unspecified atom stereocenters. The molecule has 2 amide bonds. The summed E-state index contributed by atoms with van der Waals surface area (Å²) >= 11 is 0. The van der Waals surface area contributed by atoms with Crippen LogP contribution in [0.2, 0.25) is 0 Å². The Balaban J connectivity index is 1.39. The van der Waals surface area contributed by atoms with Crippen molar-refractivity contribution in [3.63, 3.8) is 0 Å². The zero-order chi connectivity index (χ0) is 22.8. The van der Waals surface area contributed by atoms with E-state index in [2.05, 4.69) is 5.32 Å². The number of carbonyl (C=O) groups is 2. The number of carbonyl (C=O) groups excluding carboxylic acids is 2. The molecule has 0 bridgehead atoms. The van der Waals surface area contributed by atoms with Crippen LogP contribution in [0.25, 0.3) is 16.9 Å². The number of para-hydroxylation sites is 1. The molecular weight excluding hydrogens is 412 g/mol. The van der Waals surface area contributed by atoms with Crippen LogP contribution >= 0.6 is 0 Å². The van der Waals surface area contributed by atoms with Gasteiger partial charge in [-0.1, -0.05) is 48.5 Å². The van der Waals surface area contributed by atoms with E-state index in [0.717, 1.165) is 40.2 Å². The highest BCUT2D eigenvalue weighted by molar-refractivity contribution is 5.97. The van der Waals surface area contributed by atoms with Crippen LogP contribution in [-0.4, -0.2) is 28.1 Å². The molecule has 0 aliphatic carbocycles. The summed E-state index contributed by atoms with van der Waals surface area (Å²) in [4.78, 5) is 26.5. The van der Waals surface area contributed by atoms with Crippen molar-refractivity contribution in [1.29, 1.82) is 0 Å². The number of amides is 2. The average molecular weight is 437 g/mol. The second kappa shape index (κ2) is 8.74. The Morgan fingerprint density at radius 1 is 0.970 bits per heavy atom. The number of fused-ring (bicyclic) bond motifs is 1. The molecule has 33 heavy (non-hydrogen) atoms. The molecule has 1 aliphatic rings. The van der Waals surface area contributed by atoms with Crippen LogP contribution in [0.5, 0.6) is 0 Å². The van der Waals surface area contributed by atoms with Gasteiger partial charge in [0.2, 0.25) is 5.91 Å². The van der Waals surface area contributed by atoms with Crippen LogP contribution in [0.15, 0.2) is 85.1 Å². The van der Waals surface area contributed by atoms with Gasteiger partial charge in [-0.25, -0.2) is 4.68 Å². The van der Waals surface area contributed by atoms with Crippen LogP contribution < -0.4 is 10.2 Å². The highest BCUT2D eigenvalue weighted by Crippen LogP contribution is 2.29. The van der Waals surface area contributed by atoms with Gasteiger partial charge < -0.3 is 10.2 Å². The van der Waals surface area contributed by atoms with Gasteiger partial charge in [-0.3, -0.25) is 9.59 Å². The first-order valence-corrected chi connectivity index (χ1v) is 11.0. The second-order valence-corrected chi connectivity index (χ2v) is 8.10. The van der Waals surface area contributed by atoms with E-state index < -0.39 is 0 Å². The fourth-order valence-corrected chi connectivity index (χ4v) is 4.24. The van der Waals surface area contributed by atoms with Crippen molar-refractivity contribution in [2.75, 3.05) is 11.4 Å². The van der Waals surface area contributed by atoms with Gasteiger partial charge in [-0.15, -0.1) is 0 Å². The zero-order valence-electron chi connectivity index (χ0n) is 18.4. The molecule has 5 rings (SSSR count). The fourth-order valence-electron chi connectivity index (χ4n) is 4.24. The van der Waals surface area contributed by atoms with Crippen molar-refractivity contribution in [1.82, 2.24) is 15.1 Å². The molecule has 1 N–H and O–H groups in total. The molecule has 6 nitrogen and oxygen atoms in total. The molecule has 0 fully saturated rings. The van der Waals surface area contributed by atoms with E-state index in [9.17, 15) is 9.59 Å². The molecule has 164 valence electrons. The van der Waals surface area contributed by atoms with E-state index in [1.54, 1.807) is 17.9 Å². The summed E-state index contributed by atoms with van der Waals surface area (Å²) in [6.45, 7) is 2.58. The third kappa shape index (κ3) is 4.15. The number of anilines is 1. The average Bonchev–Trinajstić information content (AvgIpc) is 3.48. The van der Waals surface area contributed by atoms with E-state index in [4.69, 9.17) is 5.10 Å². The van der Waals surface area contributed by atoms with Gasteiger partial charge in [0.25, 0.3) is 5.91 Å². The van der Waals surface area contributed by atoms with Crippen LogP contribution in [0.4, 0.5) is 5.69 Å². The lowest BCUT2D eigenvalue weighted by Gasteiger charge is -2.14. The molecule has 0 radical (unpaired) electrons. The number of nitrogens with one attached hydrogen (secondary N) is 1. The van der Waals surface area contributed by atoms with Gasteiger partial charge in [0, 0.05) is 48.6 Å². The smallest absolute Gasteiger partial charge is 0.251 e. The van der Waals surface area contributed by atoms with E-state index in [0.29, 0.717) is 18.7 Å². The van der Waals surface area contributed by atoms with Gasteiger partial charge >= 0.3 is 0 Å². The van der Waals surface area contributed by atoms with E-state index in [1.165, 1.54) is 0 Å².